The molecule has 0 bridgehead atoms. The molecule has 170 valence electrons. The van der Waals surface area contributed by atoms with E-state index in [9.17, 15) is 14.0 Å². The Morgan fingerprint density at radius 3 is 2.47 bits per heavy atom. The third kappa shape index (κ3) is 4.36. The highest BCUT2D eigenvalue weighted by molar-refractivity contribution is 5.94. The third-order valence-electron chi connectivity index (χ3n) is 5.53. The Hall–Kier alpha value is -4.53. The lowest BCUT2D eigenvalue weighted by molar-refractivity contribution is 0.0952. The molecule has 0 saturated carbocycles. The van der Waals surface area contributed by atoms with Crippen LogP contribution in [-0.2, 0) is 13.1 Å². The summed E-state index contributed by atoms with van der Waals surface area (Å²) in [5.41, 5.74) is 2.54. The van der Waals surface area contributed by atoms with Gasteiger partial charge in [0.25, 0.3) is 11.5 Å². The molecule has 0 saturated heterocycles. The predicted octanol–water partition coefficient (Wildman–Crippen LogP) is 3.00. The molecule has 0 aliphatic rings. The highest BCUT2D eigenvalue weighted by Crippen LogP contribution is 2.11. The molecule has 1 amide bonds. The smallest absolute Gasteiger partial charge is 0.264 e. The van der Waals surface area contributed by atoms with Gasteiger partial charge in [0.05, 0.1) is 19.3 Å². The molecular weight excluding hydrogens is 435 g/mol. The summed E-state index contributed by atoms with van der Waals surface area (Å²) in [6, 6.07) is 17.2. The van der Waals surface area contributed by atoms with Gasteiger partial charge in [-0.25, -0.2) is 14.1 Å². The number of carbonyl (C=O) groups is 1. The van der Waals surface area contributed by atoms with E-state index in [-0.39, 0.29) is 23.8 Å². The lowest BCUT2D eigenvalue weighted by Crippen LogP contribution is -2.27. The van der Waals surface area contributed by atoms with E-state index in [1.165, 1.54) is 29.2 Å². The zero-order valence-electron chi connectivity index (χ0n) is 18.1. The fraction of sp³-hybridized carbons (Fsp3) is 0.120. The normalized spacial score (nSPS) is 11.1. The fourth-order valence-electron chi connectivity index (χ4n) is 3.73. The first-order valence-corrected chi connectivity index (χ1v) is 10.8. The van der Waals surface area contributed by atoms with Crippen molar-refractivity contribution in [1.29, 1.82) is 0 Å². The monoisotopic (exact) mass is 456 g/mol. The van der Waals surface area contributed by atoms with Crippen LogP contribution in [0.15, 0.2) is 90.4 Å². The largest absolute Gasteiger partial charge is 0.350 e. The quantitative estimate of drug-likeness (QED) is 0.408. The van der Waals surface area contributed by atoms with Crippen molar-refractivity contribution in [2.24, 2.45) is 0 Å². The molecule has 9 heteroatoms. The first-order valence-electron chi connectivity index (χ1n) is 10.8. The van der Waals surface area contributed by atoms with Crippen LogP contribution < -0.4 is 10.9 Å². The van der Waals surface area contributed by atoms with E-state index >= 15 is 0 Å². The molecule has 34 heavy (non-hydrogen) atoms. The van der Waals surface area contributed by atoms with Crippen LogP contribution >= 0.6 is 0 Å². The van der Waals surface area contributed by atoms with Crippen LogP contribution in [0.4, 0.5) is 4.39 Å². The SMILES string of the molecule is O=C(NCCn1ncc2c(=O)n(Cc3ccc(F)cc3)cnc21)c1ccc(-n2cccc2)cc1. The molecule has 0 fully saturated rings. The van der Waals surface area contributed by atoms with Crippen molar-refractivity contribution in [3.63, 3.8) is 0 Å². The van der Waals surface area contributed by atoms with Gasteiger partial charge in [0.2, 0.25) is 0 Å². The molecule has 0 aliphatic heterocycles. The second-order valence-corrected chi connectivity index (χ2v) is 7.80. The minimum absolute atomic E-state index is 0.190. The Morgan fingerprint density at radius 1 is 1.00 bits per heavy atom. The Morgan fingerprint density at radius 2 is 1.74 bits per heavy atom. The molecule has 8 nitrogen and oxygen atoms in total. The number of aromatic nitrogens is 5. The van der Waals surface area contributed by atoms with E-state index in [0.29, 0.717) is 29.7 Å². The van der Waals surface area contributed by atoms with Gasteiger partial charge in [-0.3, -0.25) is 14.2 Å². The Balaban J connectivity index is 1.23. The number of halogens is 1. The maximum atomic E-state index is 13.1. The summed E-state index contributed by atoms with van der Waals surface area (Å²) in [4.78, 5) is 29.7. The average molecular weight is 456 g/mol. The average Bonchev–Trinajstić information content (AvgIpc) is 3.53. The standard InChI is InChI=1S/C25H21FN6O2/c26-20-7-3-18(4-8-20)16-31-17-28-23-22(25(31)34)15-29-32(23)14-11-27-24(33)19-5-9-21(10-6-19)30-12-1-2-13-30/h1-10,12-13,15,17H,11,14,16H2,(H,27,33). The molecule has 0 atom stereocenters. The minimum Gasteiger partial charge on any atom is -0.350 e. The molecule has 0 aliphatic carbocycles. The van der Waals surface area contributed by atoms with Gasteiger partial charge in [0.15, 0.2) is 5.65 Å². The number of hydrogen-bond acceptors (Lipinski definition) is 4. The van der Waals surface area contributed by atoms with E-state index in [2.05, 4.69) is 15.4 Å². The van der Waals surface area contributed by atoms with Crippen molar-refractivity contribution in [3.8, 4) is 5.69 Å². The van der Waals surface area contributed by atoms with Gasteiger partial charge in [-0.1, -0.05) is 12.1 Å². The number of benzene rings is 2. The number of hydrogen-bond donors (Lipinski definition) is 1. The van der Waals surface area contributed by atoms with Crippen LogP contribution in [0.3, 0.4) is 0 Å². The van der Waals surface area contributed by atoms with Gasteiger partial charge in [-0.2, -0.15) is 5.10 Å². The van der Waals surface area contributed by atoms with Gasteiger partial charge in [-0.15, -0.1) is 0 Å². The zero-order chi connectivity index (χ0) is 23.5. The summed E-state index contributed by atoms with van der Waals surface area (Å²) < 4.78 is 18.1. The molecule has 0 radical (unpaired) electrons. The Kier molecular flexibility index (Phi) is 5.73. The first kappa shape index (κ1) is 21.3. The summed E-state index contributed by atoms with van der Waals surface area (Å²) in [6.07, 6.45) is 6.81. The molecule has 1 N–H and O–H groups in total. The van der Waals surface area contributed by atoms with Crippen molar-refractivity contribution in [2.75, 3.05) is 6.54 Å². The summed E-state index contributed by atoms with van der Waals surface area (Å²) in [5.74, 6) is -0.517. The van der Waals surface area contributed by atoms with Crippen LogP contribution in [-0.4, -0.2) is 36.4 Å². The van der Waals surface area contributed by atoms with Crippen LogP contribution in [0.5, 0.6) is 0 Å². The molecule has 3 heterocycles. The number of fused-ring (bicyclic) bond motifs is 1. The van der Waals surface area contributed by atoms with Crippen LogP contribution in [0.25, 0.3) is 16.7 Å². The van der Waals surface area contributed by atoms with E-state index in [1.807, 2.05) is 41.2 Å². The number of amides is 1. The lowest BCUT2D eigenvalue weighted by atomic mass is 10.2. The highest BCUT2D eigenvalue weighted by Gasteiger charge is 2.11. The van der Waals surface area contributed by atoms with E-state index in [4.69, 9.17) is 0 Å². The minimum atomic E-state index is -0.327. The Labute approximate surface area is 193 Å². The van der Waals surface area contributed by atoms with E-state index in [0.717, 1.165) is 11.3 Å². The van der Waals surface area contributed by atoms with Crippen molar-refractivity contribution < 1.29 is 9.18 Å². The number of nitrogens with zero attached hydrogens (tertiary/aromatic N) is 5. The number of nitrogens with one attached hydrogen (secondary N) is 1. The molecule has 3 aromatic heterocycles. The molecular formula is C25H21FN6O2. The molecule has 5 rings (SSSR count). The van der Waals surface area contributed by atoms with E-state index in [1.54, 1.807) is 28.9 Å². The maximum Gasteiger partial charge on any atom is 0.264 e. The van der Waals surface area contributed by atoms with Crippen molar-refractivity contribution in [3.05, 3.63) is 113 Å². The number of rotatable bonds is 7. The summed E-state index contributed by atoms with van der Waals surface area (Å²) in [7, 11) is 0. The molecule has 2 aromatic carbocycles. The van der Waals surface area contributed by atoms with Gasteiger partial charge >= 0.3 is 0 Å². The number of carbonyl (C=O) groups excluding carboxylic acids is 1. The van der Waals surface area contributed by atoms with Gasteiger partial charge in [0.1, 0.15) is 17.5 Å². The second kappa shape index (κ2) is 9.14. The van der Waals surface area contributed by atoms with Crippen molar-refractivity contribution in [2.45, 2.75) is 13.1 Å². The summed E-state index contributed by atoms with van der Waals surface area (Å²) >= 11 is 0. The first-order chi connectivity index (χ1) is 16.6. The molecule has 0 unspecified atom stereocenters. The molecule has 0 spiro atoms. The van der Waals surface area contributed by atoms with Gasteiger partial charge in [-0.05, 0) is 54.1 Å². The van der Waals surface area contributed by atoms with Crippen LogP contribution in [0, 0.1) is 5.82 Å². The lowest BCUT2D eigenvalue weighted by Gasteiger charge is -2.08. The van der Waals surface area contributed by atoms with Crippen LogP contribution in [0.2, 0.25) is 0 Å². The summed E-state index contributed by atoms with van der Waals surface area (Å²) in [6.45, 7) is 0.979. The molecule has 5 aromatic rings. The fourth-order valence-corrected chi connectivity index (χ4v) is 3.73. The zero-order valence-corrected chi connectivity index (χ0v) is 18.1. The van der Waals surface area contributed by atoms with Gasteiger partial charge in [0, 0.05) is 30.2 Å². The maximum absolute atomic E-state index is 13.1. The van der Waals surface area contributed by atoms with Crippen molar-refractivity contribution in [1.82, 2.24) is 29.2 Å². The van der Waals surface area contributed by atoms with Crippen molar-refractivity contribution >= 4 is 16.9 Å². The topological polar surface area (TPSA) is 86.7 Å². The predicted molar refractivity (Wildman–Crippen MR) is 125 cm³/mol. The van der Waals surface area contributed by atoms with E-state index < -0.39 is 0 Å². The van der Waals surface area contributed by atoms with Crippen LogP contribution in [0.1, 0.15) is 15.9 Å². The second-order valence-electron chi connectivity index (χ2n) is 7.80. The summed E-state index contributed by atoms with van der Waals surface area (Å²) in [5, 5.41) is 7.52. The third-order valence-corrected chi connectivity index (χ3v) is 5.53. The van der Waals surface area contributed by atoms with Gasteiger partial charge < -0.3 is 9.88 Å². The highest BCUT2D eigenvalue weighted by atomic mass is 19.1. The Bertz CT molecular complexity index is 1490.